The fourth-order valence-corrected chi connectivity index (χ4v) is 2.62. The number of hydrogen-bond donors (Lipinski definition) is 2. The lowest BCUT2D eigenvalue weighted by molar-refractivity contribution is 0.631. The molecule has 1 aliphatic heterocycles. The van der Waals surface area contributed by atoms with Crippen LogP contribution in [0.2, 0.25) is 0 Å². The van der Waals surface area contributed by atoms with Crippen molar-refractivity contribution >= 4 is 21.9 Å². The molecule has 5 heteroatoms. The van der Waals surface area contributed by atoms with Gasteiger partial charge in [-0.1, -0.05) is 28.1 Å². The topological polar surface area (TPSA) is 49.8 Å². The van der Waals surface area contributed by atoms with Gasteiger partial charge in [0.05, 0.1) is 0 Å². The summed E-state index contributed by atoms with van der Waals surface area (Å²) in [5, 5.41) is 6.73. The number of aromatic nitrogens is 2. The van der Waals surface area contributed by atoms with Crippen molar-refractivity contribution < 1.29 is 0 Å². The molecule has 1 aromatic heterocycles. The third kappa shape index (κ3) is 3.35. The average Bonchev–Trinajstić information content (AvgIpc) is 3.00. The zero-order valence-corrected chi connectivity index (χ0v) is 12.7. The highest BCUT2D eigenvalue weighted by Gasteiger charge is 2.13. The van der Waals surface area contributed by atoms with E-state index < -0.39 is 0 Å². The van der Waals surface area contributed by atoms with E-state index in [1.54, 1.807) is 0 Å². The van der Waals surface area contributed by atoms with E-state index in [0.717, 1.165) is 28.7 Å². The van der Waals surface area contributed by atoms with Crippen molar-refractivity contribution in [2.75, 3.05) is 18.4 Å². The SMILES string of the molecule is Brc1ccc(-c2cnc(NCC3CCCN3)nc2)cc1. The highest BCUT2D eigenvalue weighted by molar-refractivity contribution is 9.10. The first-order valence-electron chi connectivity index (χ1n) is 6.86. The number of nitrogens with zero attached hydrogens (tertiary/aromatic N) is 2. The fraction of sp³-hybridized carbons (Fsp3) is 0.333. The molecule has 0 amide bonds. The van der Waals surface area contributed by atoms with E-state index in [-0.39, 0.29) is 0 Å². The summed E-state index contributed by atoms with van der Waals surface area (Å²) in [6, 6.07) is 8.70. The van der Waals surface area contributed by atoms with Crippen LogP contribution < -0.4 is 10.6 Å². The molecular formula is C15H17BrN4. The van der Waals surface area contributed by atoms with Gasteiger partial charge in [-0.05, 0) is 37.1 Å². The third-order valence-corrected chi connectivity index (χ3v) is 4.03. The minimum atomic E-state index is 0.546. The molecule has 1 saturated heterocycles. The van der Waals surface area contributed by atoms with Crippen LogP contribution in [-0.2, 0) is 0 Å². The van der Waals surface area contributed by atoms with E-state index in [2.05, 4.69) is 48.7 Å². The van der Waals surface area contributed by atoms with Crippen molar-refractivity contribution in [1.29, 1.82) is 0 Å². The van der Waals surface area contributed by atoms with Gasteiger partial charge < -0.3 is 10.6 Å². The minimum Gasteiger partial charge on any atom is -0.353 e. The van der Waals surface area contributed by atoms with Crippen LogP contribution in [0.15, 0.2) is 41.1 Å². The van der Waals surface area contributed by atoms with Gasteiger partial charge in [0.2, 0.25) is 5.95 Å². The summed E-state index contributed by atoms with van der Waals surface area (Å²) in [5.74, 6) is 0.694. The largest absolute Gasteiger partial charge is 0.353 e. The molecular weight excluding hydrogens is 316 g/mol. The lowest BCUT2D eigenvalue weighted by Crippen LogP contribution is -2.29. The van der Waals surface area contributed by atoms with Crippen LogP contribution in [0.4, 0.5) is 5.95 Å². The number of hydrogen-bond acceptors (Lipinski definition) is 4. The second-order valence-electron chi connectivity index (χ2n) is 4.98. The molecule has 1 unspecified atom stereocenters. The molecule has 0 bridgehead atoms. The molecule has 2 aromatic rings. The van der Waals surface area contributed by atoms with E-state index in [1.807, 2.05) is 24.5 Å². The molecule has 20 heavy (non-hydrogen) atoms. The van der Waals surface area contributed by atoms with Gasteiger partial charge in [-0.3, -0.25) is 0 Å². The smallest absolute Gasteiger partial charge is 0.222 e. The van der Waals surface area contributed by atoms with Crippen molar-refractivity contribution in [2.24, 2.45) is 0 Å². The maximum atomic E-state index is 4.38. The summed E-state index contributed by atoms with van der Waals surface area (Å²) in [5.41, 5.74) is 2.15. The summed E-state index contributed by atoms with van der Waals surface area (Å²) in [4.78, 5) is 8.75. The number of anilines is 1. The quantitative estimate of drug-likeness (QED) is 0.903. The number of nitrogens with one attached hydrogen (secondary N) is 2. The van der Waals surface area contributed by atoms with Crippen molar-refractivity contribution in [3.63, 3.8) is 0 Å². The van der Waals surface area contributed by atoms with Crippen LogP contribution in [0.5, 0.6) is 0 Å². The molecule has 4 nitrogen and oxygen atoms in total. The van der Waals surface area contributed by atoms with Gasteiger partial charge >= 0.3 is 0 Å². The Bertz CT molecular complexity index is 547. The predicted molar refractivity (Wildman–Crippen MR) is 84.7 cm³/mol. The second kappa shape index (κ2) is 6.33. The summed E-state index contributed by atoms with van der Waals surface area (Å²) < 4.78 is 1.07. The molecule has 1 aromatic carbocycles. The van der Waals surface area contributed by atoms with Gasteiger partial charge in [-0.15, -0.1) is 0 Å². The van der Waals surface area contributed by atoms with Gasteiger partial charge in [0.1, 0.15) is 0 Å². The Hall–Kier alpha value is -1.46. The average molecular weight is 333 g/mol. The van der Waals surface area contributed by atoms with Crippen LogP contribution in [0.1, 0.15) is 12.8 Å². The highest BCUT2D eigenvalue weighted by atomic mass is 79.9. The Labute approximate surface area is 127 Å². The van der Waals surface area contributed by atoms with Crippen LogP contribution in [0, 0.1) is 0 Å². The normalized spacial score (nSPS) is 18.1. The summed E-state index contributed by atoms with van der Waals surface area (Å²) in [6.07, 6.45) is 6.21. The summed E-state index contributed by atoms with van der Waals surface area (Å²) in [6.45, 7) is 2.01. The summed E-state index contributed by atoms with van der Waals surface area (Å²) in [7, 11) is 0. The lowest BCUT2D eigenvalue weighted by atomic mass is 10.1. The van der Waals surface area contributed by atoms with Gasteiger partial charge in [-0.25, -0.2) is 9.97 Å². The number of benzene rings is 1. The van der Waals surface area contributed by atoms with Crippen LogP contribution in [0.3, 0.4) is 0 Å². The minimum absolute atomic E-state index is 0.546. The molecule has 1 aliphatic rings. The molecule has 0 radical (unpaired) electrons. The molecule has 104 valence electrons. The lowest BCUT2D eigenvalue weighted by Gasteiger charge is -2.11. The maximum absolute atomic E-state index is 4.38. The Morgan fingerprint density at radius 2 is 1.90 bits per heavy atom. The Kier molecular flexibility index (Phi) is 4.28. The standard InChI is InChI=1S/C15H17BrN4/c16-13-5-3-11(4-6-13)12-8-18-15(19-9-12)20-10-14-2-1-7-17-14/h3-6,8-9,14,17H,1-2,7,10H2,(H,18,19,20). The van der Waals surface area contributed by atoms with Gasteiger partial charge in [0.25, 0.3) is 0 Å². The predicted octanol–water partition coefficient (Wildman–Crippen LogP) is 3.07. The van der Waals surface area contributed by atoms with Crippen molar-refractivity contribution in [3.8, 4) is 11.1 Å². The molecule has 2 N–H and O–H groups in total. The molecule has 0 aliphatic carbocycles. The zero-order valence-electron chi connectivity index (χ0n) is 11.1. The zero-order chi connectivity index (χ0) is 13.8. The Balaban J connectivity index is 1.63. The monoisotopic (exact) mass is 332 g/mol. The third-order valence-electron chi connectivity index (χ3n) is 3.50. The van der Waals surface area contributed by atoms with E-state index in [1.165, 1.54) is 12.8 Å². The molecule has 2 heterocycles. The summed E-state index contributed by atoms with van der Waals surface area (Å²) >= 11 is 3.44. The van der Waals surface area contributed by atoms with E-state index in [4.69, 9.17) is 0 Å². The molecule has 0 saturated carbocycles. The van der Waals surface area contributed by atoms with E-state index >= 15 is 0 Å². The fourth-order valence-electron chi connectivity index (χ4n) is 2.36. The molecule has 0 spiro atoms. The van der Waals surface area contributed by atoms with E-state index in [9.17, 15) is 0 Å². The van der Waals surface area contributed by atoms with Crippen molar-refractivity contribution in [1.82, 2.24) is 15.3 Å². The van der Waals surface area contributed by atoms with E-state index in [0.29, 0.717) is 12.0 Å². The first kappa shape index (κ1) is 13.5. The van der Waals surface area contributed by atoms with Crippen LogP contribution in [-0.4, -0.2) is 29.1 Å². The van der Waals surface area contributed by atoms with Crippen molar-refractivity contribution in [3.05, 3.63) is 41.1 Å². The molecule has 1 fully saturated rings. The van der Waals surface area contributed by atoms with Gasteiger partial charge in [-0.2, -0.15) is 0 Å². The molecule has 3 rings (SSSR count). The molecule has 1 atom stereocenters. The number of halogens is 1. The van der Waals surface area contributed by atoms with Crippen LogP contribution in [0.25, 0.3) is 11.1 Å². The first-order valence-corrected chi connectivity index (χ1v) is 7.66. The second-order valence-corrected chi connectivity index (χ2v) is 5.89. The van der Waals surface area contributed by atoms with Crippen molar-refractivity contribution in [2.45, 2.75) is 18.9 Å². The highest BCUT2D eigenvalue weighted by Crippen LogP contribution is 2.20. The Morgan fingerprint density at radius 3 is 2.55 bits per heavy atom. The number of rotatable bonds is 4. The van der Waals surface area contributed by atoms with Gasteiger partial charge in [0.15, 0.2) is 0 Å². The van der Waals surface area contributed by atoms with Gasteiger partial charge in [0, 0.05) is 35.0 Å². The van der Waals surface area contributed by atoms with Crippen LogP contribution >= 0.6 is 15.9 Å². The maximum Gasteiger partial charge on any atom is 0.222 e. The Morgan fingerprint density at radius 1 is 1.15 bits per heavy atom. The first-order chi connectivity index (χ1) is 9.81.